The van der Waals surface area contributed by atoms with Gasteiger partial charge in [-0.2, -0.15) is 0 Å². The summed E-state index contributed by atoms with van der Waals surface area (Å²) in [6, 6.07) is 14.2. The Morgan fingerprint density at radius 3 is 2.53 bits per heavy atom. The molecule has 72 valence electrons. The predicted octanol–water partition coefficient (Wildman–Crippen LogP) is 3.03. The third-order valence-corrected chi connectivity index (χ3v) is 2.51. The maximum atomic E-state index is 4.34. The third-order valence-electron chi connectivity index (χ3n) is 2.51. The molecular weight excluding hydrogens is 184 g/mol. The van der Waals surface area contributed by atoms with E-state index in [4.69, 9.17) is 0 Å². The zero-order valence-electron chi connectivity index (χ0n) is 8.17. The van der Waals surface area contributed by atoms with Crippen LogP contribution in [-0.4, -0.2) is 9.55 Å². The SMILES string of the molecule is c1ccc2c(-n3cccc3)ccnc2c1. The number of nitrogens with zero attached hydrogens (tertiary/aromatic N) is 2. The number of fused-ring (bicyclic) bond motifs is 1. The predicted molar refractivity (Wildman–Crippen MR) is 61.1 cm³/mol. The largest absolute Gasteiger partial charge is 0.323 e. The van der Waals surface area contributed by atoms with Gasteiger partial charge in [0.05, 0.1) is 11.2 Å². The van der Waals surface area contributed by atoms with Gasteiger partial charge in [0.2, 0.25) is 0 Å². The molecule has 0 amide bonds. The van der Waals surface area contributed by atoms with Crippen LogP contribution < -0.4 is 0 Å². The van der Waals surface area contributed by atoms with Gasteiger partial charge in [-0.3, -0.25) is 4.98 Å². The van der Waals surface area contributed by atoms with Crippen LogP contribution in [-0.2, 0) is 0 Å². The van der Waals surface area contributed by atoms with Gasteiger partial charge in [0.25, 0.3) is 0 Å². The molecule has 0 fully saturated rings. The van der Waals surface area contributed by atoms with Gasteiger partial charge < -0.3 is 4.57 Å². The fourth-order valence-electron chi connectivity index (χ4n) is 1.80. The summed E-state index contributed by atoms with van der Waals surface area (Å²) in [6.45, 7) is 0. The highest BCUT2D eigenvalue weighted by atomic mass is 14.9. The van der Waals surface area contributed by atoms with Crippen LogP contribution in [0.1, 0.15) is 0 Å². The molecule has 3 aromatic rings. The van der Waals surface area contributed by atoms with E-state index < -0.39 is 0 Å². The lowest BCUT2D eigenvalue weighted by molar-refractivity contribution is 1.09. The Morgan fingerprint density at radius 1 is 0.867 bits per heavy atom. The molecule has 2 heteroatoms. The lowest BCUT2D eigenvalue weighted by atomic mass is 10.2. The van der Waals surface area contributed by atoms with Crippen LogP contribution in [0.3, 0.4) is 0 Å². The fraction of sp³-hybridized carbons (Fsp3) is 0. The first-order chi connectivity index (χ1) is 7.45. The monoisotopic (exact) mass is 194 g/mol. The van der Waals surface area contributed by atoms with Crippen LogP contribution in [0.15, 0.2) is 61.1 Å². The highest BCUT2D eigenvalue weighted by Gasteiger charge is 2.01. The van der Waals surface area contributed by atoms with Crippen molar-refractivity contribution in [1.29, 1.82) is 0 Å². The van der Waals surface area contributed by atoms with Crippen LogP contribution in [0.5, 0.6) is 0 Å². The van der Waals surface area contributed by atoms with Crippen LogP contribution in [0.25, 0.3) is 16.6 Å². The minimum atomic E-state index is 1.03. The standard InChI is InChI=1S/C13H10N2/c1-2-6-12-11(5-1)13(7-8-14-12)15-9-3-4-10-15/h1-10H. The molecule has 0 saturated carbocycles. The average Bonchev–Trinajstić information content (AvgIpc) is 2.82. The number of rotatable bonds is 1. The number of pyridine rings is 1. The van der Waals surface area contributed by atoms with Crippen LogP contribution in [0.4, 0.5) is 0 Å². The lowest BCUT2D eigenvalue weighted by Gasteiger charge is -2.06. The smallest absolute Gasteiger partial charge is 0.0723 e. The number of hydrogen-bond donors (Lipinski definition) is 0. The summed E-state index contributed by atoms with van der Waals surface area (Å²) in [5.41, 5.74) is 2.20. The minimum Gasteiger partial charge on any atom is -0.323 e. The molecule has 0 bridgehead atoms. The number of aromatic nitrogens is 2. The molecule has 0 unspecified atom stereocenters. The maximum absolute atomic E-state index is 4.34. The number of hydrogen-bond acceptors (Lipinski definition) is 1. The van der Waals surface area contributed by atoms with Crippen LogP contribution in [0.2, 0.25) is 0 Å². The Hall–Kier alpha value is -2.09. The topological polar surface area (TPSA) is 17.8 Å². The quantitative estimate of drug-likeness (QED) is 0.582. The zero-order valence-corrected chi connectivity index (χ0v) is 8.17. The van der Waals surface area contributed by atoms with Crippen LogP contribution >= 0.6 is 0 Å². The molecule has 0 saturated heterocycles. The summed E-state index contributed by atoms with van der Waals surface area (Å²) in [6.07, 6.45) is 5.93. The molecule has 0 radical (unpaired) electrons. The molecule has 0 N–H and O–H groups in total. The molecule has 0 aliphatic heterocycles. The molecular formula is C13H10N2. The molecule has 2 heterocycles. The van der Waals surface area contributed by atoms with Crippen molar-refractivity contribution in [2.45, 2.75) is 0 Å². The van der Waals surface area contributed by atoms with Crippen molar-refractivity contribution in [3.8, 4) is 5.69 Å². The molecule has 0 aliphatic rings. The van der Waals surface area contributed by atoms with Crippen molar-refractivity contribution < 1.29 is 0 Å². The van der Waals surface area contributed by atoms with Crippen LogP contribution in [0, 0.1) is 0 Å². The Bertz CT molecular complexity index is 577. The normalized spacial score (nSPS) is 10.7. The summed E-state index contributed by atoms with van der Waals surface area (Å²) >= 11 is 0. The molecule has 3 rings (SSSR count). The Morgan fingerprint density at radius 2 is 1.67 bits per heavy atom. The molecule has 1 aromatic carbocycles. The van der Waals surface area contributed by atoms with E-state index in [1.807, 2.05) is 55.0 Å². The lowest BCUT2D eigenvalue weighted by Crippen LogP contribution is -1.91. The van der Waals surface area contributed by atoms with Gasteiger partial charge in [0, 0.05) is 24.0 Å². The molecule has 0 spiro atoms. The number of benzene rings is 1. The fourth-order valence-corrected chi connectivity index (χ4v) is 1.80. The van der Waals surface area contributed by atoms with E-state index in [1.165, 1.54) is 11.1 Å². The Balaban J connectivity index is 2.36. The average molecular weight is 194 g/mol. The molecule has 2 aromatic heterocycles. The van der Waals surface area contributed by atoms with E-state index in [2.05, 4.69) is 15.6 Å². The molecule has 2 nitrogen and oxygen atoms in total. The second-order valence-corrected chi connectivity index (χ2v) is 3.44. The van der Waals surface area contributed by atoms with Crippen molar-refractivity contribution in [2.75, 3.05) is 0 Å². The Labute approximate surface area is 87.8 Å². The van der Waals surface area contributed by atoms with Gasteiger partial charge in [0.15, 0.2) is 0 Å². The Kier molecular flexibility index (Phi) is 1.78. The van der Waals surface area contributed by atoms with E-state index >= 15 is 0 Å². The van der Waals surface area contributed by atoms with Crippen molar-refractivity contribution in [1.82, 2.24) is 9.55 Å². The summed E-state index contributed by atoms with van der Waals surface area (Å²) < 4.78 is 2.10. The van der Waals surface area contributed by atoms with Crippen molar-refractivity contribution in [2.24, 2.45) is 0 Å². The van der Waals surface area contributed by atoms with Gasteiger partial charge in [-0.1, -0.05) is 18.2 Å². The maximum Gasteiger partial charge on any atom is 0.0723 e. The molecule has 0 aliphatic carbocycles. The van der Waals surface area contributed by atoms with E-state index in [0.29, 0.717) is 0 Å². The zero-order chi connectivity index (χ0) is 10.1. The number of para-hydroxylation sites is 1. The molecule has 0 atom stereocenters. The summed E-state index contributed by atoms with van der Waals surface area (Å²) in [4.78, 5) is 4.34. The van der Waals surface area contributed by atoms with Gasteiger partial charge in [0.1, 0.15) is 0 Å². The first kappa shape index (κ1) is 8.24. The highest BCUT2D eigenvalue weighted by molar-refractivity contribution is 5.86. The van der Waals surface area contributed by atoms with E-state index in [-0.39, 0.29) is 0 Å². The van der Waals surface area contributed by atoms with E-state index in [9.17, 15) is 0 Å². The van der Waals surface area contributed by atoms with Gasteiger partial charge in [-0.15, -0.1) is 0 Å². The first-order valence-corrected chi connectivity index (χ1v) is 4.92. The van der Waals surface area contributed by atoms with E-state index in [0.717, 1.165) is 5.52 Å². The minimum absolute atomic E-state index is 1.03. The second kappa shape index (κ2) is 3.24. The summed E-state index contributed by atoms with van der Waals surface area (Å²) in [7, 11) is 0. The molecule has 15 heavy (non-hydrogen) atoms. The summed E-state index contributed by atoms with van der Waals surface area (Å²) in [5, 5.41) is 1.18. The van der Waals surface area contributed by atoms with Gasteiger partial charge >= 0.3 is 0 Å². The summed E-state index contributed by atoms with van der Waals surface area (Å²) in [5.74, 6) is 0. The van der Waals surface area contributed by atoms with Gasteiger partial charge in [-0.05, 0) is 24.3 Å². The second-order valence-electron chi connectivity index (χ2n) is 3.44. The van der Waals surface area contributed by atoms with Gasteiger partial charge in [-0.25, -0.2) is 0 Å². The highest BCUT2D eigenvalue weighted by Crippen LogP contribution is 2.19. The van der Waals surface area contributed by atoms with Crippen molar-refractivity contribution >= 4 is 10.9 Å². The van der Waals surface area contributed by atoms with E-state index in [1.54, 1.807) is 0 Å². The van der Waals surface area contributed by atoms with Crippen molar-refractivity contribution in [3.05, 3.63) is 61.1 Å². The van der Waals surface area contributed by atoms with Crippen molar-refractivity contribution in [3.63, 3.8) is 0 Å². The third kappa shape index (κ3) is 1.31. The first-order valence-electron chi connectivity index (χ1n) is 4.92.